The molecule has 2 saturated heterocycles. The average molecular weight is 972 g/mol. The summed E-state index contributed by atoms with van der Waals surface area (Å²) in [5.41, 5.74) is 13.6. The predicted molar refractivity (Wildman–Crippen MR) is 270 cm³/mol. The fourth-order valence-corrected chi connectivity index (χ4v) is 9.71. The number of hydrogen-bond donors (Lipinski definition) is 3. The number of nitrogens with two attached hydrogens (primary N) is 1. The molecular formula is C52H51ClN14O4. The summed E-state index contributed by atoms with van der Waals surface area (Å²) in [6, 6.07) is 32.9. The van der Waals surface area contributed by atoms with Crippen LogP contribution in [0, 0.1) is 29.4 Å². The van der Waals surface area contributed by atoms with Crippen molar-refractivity contribution in [1.29, 1.82) is 10.5 Å². The summed E-state index contributed by atoms with van der Waals surface area (Å²) in [5.74, 6) is 3.29. The second kappa shape index (κ2) is 21.2. The molecule has 7 heterocycles. The Morgan fingerprint density at radius 3 is 1.87 bits per heavy atom. The highest BCUT2D eigenvalue weighted by Crippen LogP contribution is 2.53. The van der Waals surface area contributed by atoms with Crippen molar-refractivity contribution in [3.63, 3.8) is 0 Å². The van der Waals surface area contributed by atoms with Gasteiger partial charge in [0.2, 0.25) is 29.8 Å². The van der Waals surface area contributed by atoms with E-state index < -0.39 is 11.3 Å². The van der Waals surface area contributed by atoms with Crippen LogP contribution in [0.1, 0.15) is 55.2 Å². The van der Waals surface area contributed by atoms with Crippen LogP contribution in [0.3, 0.4) is 0 Å². The minimum absolute atomic E-state index is 0. The number of aliphatic imine (C=N–C) groups is 2. The Morgan fingerprint density at radius 1 is 0.746 bits per heavy atom. The maximum absolute atomic E-state index is 9.34. The third-order valence-electron chi connectivity index (χ3n) is 13.1. The average Bonchev–Trinajstić information content (AvgIpc) is 3.68. The zero-order valence-electron chi connectivity index (χ0n) is 39.1. The number of anilines is 2. The number of rotatable bonds is 4. The summed E-state index contributed by atoms with van der Waals surface area (Å²) >= 11 is 0. The lowest BCUT2D eigenvalue weighted by molar-refractivity contribution is -0.206. The summed E-state index contributed by atoms with van der Waals surface area (Å²) in [7, 11) is 3.20. The van der Waals surface area contributed by atoms with Gasteiger partial charge in [0.1, 0.15) is 22.7 Å². The molecule has 0 bridgehead atoms. The number of halogens is 1. The van der Waals surface area contributed by atoms with Crippen LogP contribution >= 0.6 is 12.4 Å². The number of piperidine rings is 2. The quantitative estimate of drug-likeness (QED) is 0.0865. The Bertz CT molecular complexity index is 3050. The van der Waals surface area contributed by atoms with Crippen molar-refractivity contribution in [2.45, 2.75) is 55.5 Å². The van der Waals surface area contributed by atoms with Crippen molar-refractivity contribution in [3.8, 4) is 46.0 Å². The Labute approximate surface area is 417 Å². The van der Waals surface area contributed by atoms with Crippen LogP contribution < -0.4 is 30.5 Å². The summed E-state index contributed by atoms with van der Waals surface area (Å²) in [6.07, 6.45) is 13.3. The smallest absolute Gasteiger partial charge is 0.225 e. The molecule has 1 unspecified atom stereocenters. The van der Waals surface area contributed by atoms with Crippen LogP contribution in [0.15, 0.2) is 132 Å². The molecule has 1 atom stereocenters. The van der Waals surface area contributed by atoms with E-state index in [0.29, 0.717) is 30.1 Å². The van der Waals surface area contributed by atoms with Gasteiger partial charge in [-0.05, 0) is 76.9 Å². The van der Waals surface area contributed by atoms with Crippen LogP contribution in [0.2, 0.25) is 0 Å². The molecule has 2 fully saturated rings. The Hall–Kier alpha value is -8.18. The summed E-state index contributed by atoms with van der Waals surface area (Å²) in [6.45, 7) is 10.4. The van der Waals surface area contributed by atoms with Gasteiger partial charge in [-0.1, -0.05) is 42.5 Å². The van der Waals surface area contributed by atoms with Gasteiger partial charge in [-0.15, -0.1) is 12.4 Å². The molecule has 0 radical (unpaired) electrons. The van der Waals surface area contributed by atoms with Crippen LogP contribution in [-0.2, 0) is 10.6 Å². The van der Waals surface area contributed by atoms with Gasteiger partial charge in [-0.2, -0.15) is 15.5 Å². The lowest BCUT2D eigenvalue weighted by Gasteiger charge is -2.48. The molecule has 71 heavy (non-hydrogen) atoms. The lowest BCUT2D eigenvalue weighted by Crippen LogP contribution is -2.54. The van der Waals surface area contributed by atoms with Gasteiger partial charge in [0.25, 0.3) is 0 Å². The predicted octanol–water partition coefficient (Wildman–Crippen LogP) is 7.98. The number of nitriles is 2. The molecule has 4 N–H and O–H groups in total. The molecule has 0 aliphatic carbocycles. The first-order valence-electron chi connectivity index (χ1n) is 22.8. The van der Waals surface area contributed by atoms with E-state index in [9.17, 15) is 10.5 Å². The number of ether oxygens (including phenoxy) is 2. The van der Waals surface area contributed by atoms with Gasteiger partial charge in [-0.3, -0.25) is 0 Å². The van der Waals surface area contributed by atoms with Crippen LogP contribution in [0.4, 0.5) is 17.6 Å². The first-order valence-corrected chi connectivity index (χ1v) is 22.8. The van der Waals surface area contributed by atoms with Crippen molar-refractivity contribution in [2.75, 3.05) is 50.1 Å². The standard InChI is InChI=1S/C26H25N7O2.C25H20N6O.CH5NO.ClH/c1-32-23(28)31-26(35-32)17-25(8-12-33(13-9-25)24-29-10-3-11-30-24)34-22-7-6-20(15-21(22)26)19-5-2-4-18(14-19)16-27;1-27-20-5-2-4-18(14-20)19-6-7-23-21(15-19)22(30-17-26)16-25(32-23)8-12-31(13-9-25)24-28-10-3-11-29-24;1-2-3;/h2-7,10-11,14-15H,8-9,12-13,17H2,1H3,(H2,28,31);2-7,10-11,14-15H,8-9,12-13,16H2;2-3H,1H3;1H. The molecule has 2 aromatic heterocycles. The molecule has 18 nitrogen and oxygen atoms in total. The fraction of sp³-hybridized carbons (Fsp3) is 0.288. The van der Waals surface area contributed by atoms with Crippen molar-refractivity contribution >= 4 is 41.7 Å². The molecule has 19 heteroatoms. The molecule has 3 spiro atoms. The molecule has 4 aromatic carbocycles. The van der Waals surface area contributed by atoms with E-state index in [4.69, 9.17) is 36.8 Å². The first-order chi connectivity index (χ1) is 34.1. The van der Waals surface area contributed by atoms with Crippen molar-refractivity contribution in [3.05, 3.63) is 150 Å². The number of hydrogen-bond acceptors (Lipinski definition) is 17. The van der Waals surface area contributed by atoms with Gasteiger partial charge in [0.05, 0.1) is 29.5 Å². The zero-order valence-corrected chi connectivity index (χ0v) is 40.0. The van der Waals surface area contributed by atoms with Gasteiger partial charge >= 0.3 is 0 Å². The topological polar surface area (TPSA) is 224 Å². The van der Waals surface area contributed by atoms with Gasteiger partial charge in [-0.25, -0.2) is 45.2 Å². The molecule has 0 amide bonds. The number of hydroxylamine groups is 3. The second-order valence-electron chi connectivity index (χ2n) is 17.5. The van der Waals surface area contributed by atoms with Gasteiger partial charge in [0.15, 0.2) is 5.69 Å². The minimum atomic E-state index is -0.972. The minimum Gasteiger partial charge on any atom is -0.486 e. The molecule has 6 aromatic rings. The van der Waals surface area contributed by atoms with Crippen LogP contribution in [-0.4, -0.2) is 93.4 Å². The highest BCUT2D eigenvalue weighted by Gasteiger charge is 2.55. The summed E-state index contributed by atoms with van der Waals surface area (Å²) < 4.78 is 13.3. The maximum atomic E-state index is 9.34. The third kappa shape index (κ3) is 10.4. The van der Waals surface area contributed by atoms with E-state index in [1.54, 1.807) is 49.4 Å². The van der Waals surface area contributed by atoms with E-state index >= 15 is 0 Å². The summed E-state index contributed by atoms with van der Waals surface area (Å²) in [5, 5.41) is 27.5. The number of benzene rings is 4. The number of nitrogens with zero attached hydrogens (tertiary/aromatic N) is 12. The Morgan fingerprint density at radius 2 is 1.30 bits per heavy atom. The van der Waals surface area contributed by atoms with Crippen molar-refractivity contribution in [2.24, 2.45) is 15.7 Å². The largest absolute Gasteiger partial charge is 0.486 e. The van der Waals surface area contributed by atoms with E-state index in [-0.39, 0.29) is 18.0 Å². The Kier molecular flexibility index (Phi) is 14.7. The zero-order chi connectivity index (χ0) is 48.7. The first kappa shape index (κ1) is 49.2. The van der Waals surface area contributed by atoms with Gasteiger partial charge < -0.3 is 30.2 Å². The molecule has 5 aliphatic rings. The number of guanidine groups is 1. The van der Waals surface area contributed by atoms with Crippen LogP contribution in [0.5, 0.6) is 11.5 Å². The normalized spacial score (nSPS) is 19.4. The molecule has 5 aliphatic heterocycles. The van der Waals surface area contributed by atoms with Gasteiger partial charge in [0, 0.05) is 109 Å². The molecule has 0 saturated carbocycles. The monoisotopic (exact) mass is 970 g/mol. The van der Waals surface area contributed by atoms with E-state index in [1.165, 1.54) is 12.1 Å². The highest BCUT2D eigenvalue weighted by molar-refractivity contribution is 6.06. The van der Waals surface area contributed by atoms with Crippen molar-refractivity contribution in [1.82, 2.24) is 30.5 Å². The number of nitrogens with one attached hydrogen (secondary N) is 1. The Balaban J connectivity index is 0.000000179. The highest BCUT2D eigenvalue weighted by atomic mass is 35.5. The number of fused-ring (bicyclic) bond motifs is 3. The maximum Gasteiger partial charge on any atom is 0.225 e. The van der Waals surface area contributed by atoms with E-state index in [2.05, 4.69) is 45.6 Å². The second-order valence-corrected chi connectivity index (χ2v) is 17.5. The van der Waals surface area contributed by atoms with E-state index in [1.807, 2.05) is 91.1 Å². The lowest BCUT2D eigenvalue weighted by atomic mass is 9.78. The van der Waals surface area contributed by atoms with Crippen LogP contribution in [0.25, 0.3) is 27.1 Å². The summed E-state index contributed by atoms with van der Waals surface area (Å²) in [4.78, 5) is 40.7. The molecule has 11 rings (SSSR count). The third-order valence-corrected chi connectivity index (χ3v) is 13.1. The van der Waals surface area contributed by atoms with E-state index in [0.717, 1.165) is 114 Å². The fourth-order valence-electron chi connectivity index (χ4n) is 9.71. The number of aromatic nitrogens is 4. The van der Waals surface area contributed by atoms with Crippen molar-refractivity contribution < 1.29 is 19.5 Å². The molecular weight excluding hydrogens is 920 g/mol. The SMILES string of the molecule is CN1OC2(CC3(CCN(c4ncccn4)CC3)Oc3ccc(-c4cccc(C#N)c4)cc32)N=C1N.CNO.Cl.[C-]#[N+]c1cccc(-c2ccc3c(c2)C(=NC#N)CC2(CCN(c4ncccn4)CC2)O3)c1. The molecule has 360 valence electrons.